The first-order valence-corrected chi connectivity index (χ1v) is 10.1. The van der Waals surface area contributed by atoms with E-state index in [1.165, 1.54) is 17.0 Å². The fourth-order valence-electron chi connectivity index (χ4n) is 2.46. The Bertz CT molecular complexity index is 924. The number of hydrogen-bond donors (Lipinski definition) is 3. The fraction of sp³-hybridized carbons (Fsp3) is 0.364. The smallest absolute Gasteiger partial charge is 0.239 e. The summed E-state index contributed by atoms with van der Waals surface area (Å²) in [6.45, 7) is 3.32. The maximum absolute atomic E-state index is 13.1. The van der Waals surface area contributed by atoms with Crippen LogP contribution in [-0.4, -0.2) is 53.9 Å². The topological polar surface area (TPSA) is 99.2 Å². The van der Waals surface area contributed by atoms with Gasteiger partial charge in [0.2, 0.25) is 18.3 Å². The van der Waals surface area contributed by atoms with Gasteiger partial charge in [-0.25, -0.2) is 9.37 Å². The third-order valence-corrected chi connectivity index (χ3v) is 4.03. The van der Waals surface area contributed by atoms with Crippen molar-refractivity contribution in [2.75, 3.05) is 37.3 Å². The minimum atomic E-state index is -0.310. The van der Waals surface area contributed by atoms with Crippen LogP contribution in [-0.2, 0) is 9.59 Å². The van der Waals surface area contributed by atoms with E-state index in [1.807, 2.05) is 0 Å². The molecule has 0 aliphatic rings. The largest absolute Gasteiger partial charge is 0.369 e. The van der Waals surface area contributed by atoms with E-state index >= 15 is 0 Å². The molecule has 164 valence electrons. The van der Waals surface area contributed by atoms with Gasteiger partial charge in [0.25, 0.3) is 0 Å². The Hall–Kier alpha value is -3.67. The Morgan fingerprint density at radius 2 is 2.03 bits per heavy atom. The van der Waals surface area contributed by atoms with Crippen molar-refractivity contribution in [3.63, 3.8) is 0 Å². The number of halogens is 1. The molecule has 0 unspecified atom stereocenters. The van der Waals surface area contributed by atoms with E-state index in [9.17, 15) is 14.0 Å². The van der Waals surface area contributed by atoms with E-state index in [0.717, 1.165) is 13.0 Å². The van der Waals surface area contributed by atoms with Crippen LogP contribution in [0.1, 0.15) is 31.7 Å². The average molecular weight is 426 g/mol. The number of carbonyl (C=O) groups is 2. The molecule has 0 saturated carbocycles. The van der Waals surface area contributed by atoms with E-state index in [-0.39, 0.29) is 18.3 Å². The third kappa shape index (κ3) is 8.70. The number of likely N-dealkylation sites (N-methyl/N-ethyl adjacent to an activating group) is 1. The predicted molar refractivity (Wildman–Crippen MR) is 118 cm³/mol. The van der Waals surface area contributed by atoms with Gasteiger partial charge in [-0.1, -0.05) is 18.8 Å². The van der Waals surface area contributed by atoms with Gasteiger partial charge in [-0.05, 0) is 37.1 Å². The van der Waals surface area contributed by atoms with Crippen LogP contribution in [0.5, 0.6) is 0 Å². The van der Waals surface area contributed by atoms with Gasteiger partial charge in [-0.3, -0.25) is 9.59 Å². The van der Waals surface area contributed by atoms with Gasteiger partial charge in [0, 0.05) is 32.2 Å². The number of benzene rings is 1. The molecule has 1 aromatic heterocycles. The van der Waals surface area contributed by atoms with Gasteiger partial charge < -0.3 is 20.9 Å². The van der Waals surface area contributed by atoms with Crippen molar-refractivity contribution in [2.45, 2.75) is 26.2 Å². The zero-order valence-corrected chi connectivity index (χ0v) is 17.7. The molecule has 9 heteroatoms. The lowest BCUT2D eigenvalue weighted by Gasteiger charge is -2.10. The maximum atomic E-state index is 13.1. The second-order valence-corrected chi connectivity index (χ2v) is 6.79. The zero-order chi connectivity index (χ0) is 22.5. The molecule has 0 spiro atoms. The van der Waals surface area contributed by atoms with Crippen molar-refractivity contribution >= 4 is 29.8 Å². The summed E-state index contributed by atoms with van der Waals surface area (Å²) in [4.78, 5) is 32.1. The number of aromatic nitrogens is 2. The molecule has 0 radical (unpaired) electrons. The van der Waals surface area contributed by atoms with Crippen molar-refractivity contribution in [1.29, 1.82) is 0 Å². The van der Waals surface area contributed by atoms with Crippen LogP contribution < -0.4 is 16.0 Å². The molecule has 0 fully saturated rings. The molecule has 3 N–H and O–H groups in total. The molecule has 1 aromatic carbocycles. The molecule has 0 saturated heterocycles. The van der Waals surface area contributed by atoms with Crippen LogP contribution in [0, 0.1) is 17.7 Å². The lowest BCUT2D eigenvalue weighted by molar-refractivity contribution is -0.127. The molecule has 2 aromatic rings. The SMILES string of the molecule is CCCNc1nc(Nc2ccc(F)cc2)ncc1C#CCCCNC(=O)CN(C)C=O. The van der Waals surface area contributed by atoms with E-state index in [1.54, 1.807) is 25.4 Å². The lowest BCUT2D eigenvalue weighted by atomic mass is 10.2. The quantitative estimate of drug-likeness (QED) is 0.290. The first-order chi connectivity index (χ1) is 15.0. The van der Waals surface area contributed by atoms with Crippen molar-refractivity contribution in [2.24, 2.45) is 0 Å². The van der Waals surface area contributed by atoms with Crippen molar-refractivity contribution in [3.8, 4) is 11.8 Å². The minimum absolute atomic E-state index is 0.0390. The highest BCUT2D eigenvalue weighted by atomic mass is 19.1. The van der Waals surface area contributed by atoms with Gasteiger partial charge >= 0.3 is 0 Å². The van der Waals surface area contributed by atoms with Crippen LogP contribution in [0.3, 0.4) is 0 Å². The second-order valence-electron chi connectivity index (χ2n) is 6.79. The number of anilines is 3. The van der Waals surface area contributed by atoms with Crippen LogP contribution in [0.2, 0.25) is 0 Å². The number of unbranched alkanes of at least 4 members (excludes halogenated alkanes) is 1. The average Bonchev–Trinajstić information content (AvgIpc) is 2.77. The Morgan fingerprint density at radius 1 is 1.26 bits per heavy atom. The summed E-state index contributed by atoms with van der Waals surface area (Å²) in [7, 11) is 1.55. The molecule has 2 amide bonds. The Labute approximate surface area is 181 Å². The van der Waals surface area contributed by atoms with E-state index < -0.39 is 0 Å². The standard InChI is InChI=1S/C22H27FN6O2/c1-3-12-25-21-17(7-5-4-6-13-24-20(31)15-29(2)16-30)14-26-22(28-21)27-19-10-8-18(23)9-11-19/h8-11,14,16H,3-4,6,12-13,15H2,1-2H3,(H,24,31)(H2,25,26,27,28). The Kier molecular flexibility index (Phi) is 9.75. The number of nitrogens with one attached hydrogen (secondary N) is 3. The van der Waals surface area contributed by atoms with Crippen LogP contribution in [0.4, 0.5) is 21.8 Å². The van der Waals surface area contributed by atoms with Crippen LogP contribution >= 0.6 is 0 Å². The molecule has 0 atom stereocenters. The summed E-state index contributed by atoms with van der Waals surface area (Å²) < 4.78 is 13.1. The maximum Gasteiger partial charge on any atom is 0.239 e. The van der Waals surface area contributed by atoms with Gasteiger partial charge in [0.1, 0.15) is 11.6 Å². The monoisotopic (exact) mass is 426 g/mol. The zero-order valence-electron chi connectivity index (χ0n) is 17.7. The predicted octanol–water partition coefficient (Wildman–Crippen LogP) is 2.52. The van der Waals surface area contributed by atoms with Gasteiger partial charge in [0.05, 0.1) is 18.3 Å². The first-order valence-electron chi connectivity index (χ1n) is 10.1. The number of carbonyl (C=O) groups excluding carboxylic acids is 2. The van der Waals surface area contributed by atoms with Crippen LogP contribution in [0.25, 0.3) is 0 Å². The van der Waals surface area contributed by atoms with Crippen molar-refractivity contribution in [1.82, 2.24) is 20.2 Å². The van der Waals surface area contributed by atoms with Crippen LogP contribution in [0.15, 0.2) is 30.5 Å². The minimum Gasteiger partial charge on any atom is -0.369 e. The number of rotatable bonds is 11. The van der Waals surface area contributed by atoms with E-state index in [4.69, 9.17) is 0 Å². The summed E-state index contributed by atoms with van der Waals surface area (Å²) in [5, 5.41) is 9.03. The normalized spacial score (nSPS) is 9.90. The lowest BCUT2D eigenvalue weighted by Crippen LogP contribution is -2.34. The third-order valence-electron chi connectivity index (χ3n) is 4.03. The molecular formula is C22H27FN6O2. The molecule has 2 rings (SSSR count). The highest BCUT2D eigenvalue weighted by Gasteiger charge is 2.06. The summed E-state index contributed by atoms with van der Waals surface area (Å²) in [6, 6.07) is 5.95. The molecule has 1 heterocycles. The number of amides is 2. The summed E-state index contributed by atoms with van der Waals surface area (Å²) in [5.74, 6) is 6.64. The number of hydrogen-bond acceptors (Lipinski definition) is 6. The second kappa shape index (κ2) is 12.8. The Balaban J connectivity index is 1.93. The van der Waals surface area contributed by atoms with E-state index in [2.05, 4.69) is 44.7 Å². The molecule has 0 aliphatic carbocycles. The molecule has 8 nitrogen and oxygen atoms in total. The fourth-order valence-corrected chi connectivity index (χ4v) is 2.46. The Morgan fingerprint density at radius 3 is 2.74 bits per heavy atom. The van der Waals surface area contributed by atoms with Gasteiger partial charge in [-0.2, -0.15) is 4.98 Å². The van der Waals surface area contributed by atoms with Gasteiger partial charge in [-0.15, -0.1) is 0 Å². The molecule has 0 bridgehead atoms. The molecule has 0 aliphatic heterocycles. The first kappa shape index (κ1) is 23.6. The summed E-state index contributed by atoms with van der Waals surface area (Å²) in [6.07, 6.45) is 4.45. The highest BCUT2D eigenvalue weighted by molar-refractivity contribution is 5.79. The van der Waals surface area contributed by atoms with E-state index in [0.29, 0.717) is 48.8 Å². The van der Waals surface area contributed by atoms with Crippen molar-refractivity contribution in [3.05, 3.63) is 41.8 Å². The summed E-state index contributed by atoms with van der Waals surface area (Å²) >= 11 is 0. The summed E-state index contributed by atoms with van der Waals surface area (Å²) in [5.41, 5.74) is 1.36. The highest BCUT2D eigenvalue weighted by Crippen LogP contribution is 2.17. The number of nitrogens with zero attached hydrogens (tertiary/aromatic N) is 3. The van der Waals surface area contributed by atoms with Gasteiger partial charge in [0.15, 0.2) is 0 Å². The molecular weight excluding hydrogens is 399 g/mol. The molecule has 31 heavy (non-hydrogen) atoms. The van der Waals surface area contributed by atoms with Crippen molar-refractivity contribution < 1.29 is 14.0 Å².